The third-order valence-corrected chi connectivity index (χ3v) is 4.45. The molecule has 9 nitrogen and oxygen atoms in total. The molecule has 0 bridgehead atoms. The maximum atomic E-state index is 11.4. The second kappa shape index (κ2) is 8.63. The summed E-state index contributed by atoms with van der Waals surface area (Å²) in [7, 11) is 1.28. The van der Waals surface area contributed by atoms with Crippen molar-refractivity contribution in [2.75, 3.05) is 13.7 Å². The molecule has 150 valence electrons. The predicted molar refractivity (Wildman–Crippen MR) is 95.4 cm³/mol. The number of esters is 1. The third kappa shape index (κ3) is 4.13. The van der Waals surface area contributed by atoms with Crippen LogP contribution in [0.3, 0.4) is 0 Å². The number of nitrogens with zero attached hydrogens (tertiary/aromatic N) is 1. The van der Waals surface area contributed by atoms with Gasteiger partial charge in [-0.25, -0.2) is 9.78 Å². The van der Waals surface area contributed by atoms with Crippen LogP contribution >= 0.6 is 0 Å². The fourth-order valence-corrected chi connectivity index (χ4v) is 2.81. The molecule has 2 aromatic rings. The van der Waals surface area contributed by atoms with Crippen molar-refractivity contribution in [3.8, 4) is 16.9 Å². The molecule has 5 atom stereocenters. The Bertz CT molecular complexity index is 793. The van der Waals surface area contributed by atoms with E-state index in [-0.39, 0.29) is 5.69 Å². The number of pyridine rings is 1. The molecular formula is C19H21NO8. The van der Waals surface area contributed by atoms with E-state index in [0.29, 0.717) is 5.75 Å². The zero-order valence-electron chi connectivity index (χ0n) is 15.0. The van der Waals surface area contributed by atoms with Crippen LogP contribution in [0.4, 0.5) is 0 Å². The molecule has 0 saturated carbocycles. The maximum absolute atomic E-state index is 11.4. The first-order valence-electron chi connectivity index (χ1n) is 8.56. The molecule has 1 aromatic heterocycles. The normalized spacial score (nSPS) is 27.2. The third-order valence-electron chi connectivity index (χ3n) is 4.45. The lowest BCUT2D eigenvalue weighted by Crippen LogP contribution is -2.60. The Balaban J connectivity index is 1.70. The Morgan fingerprint density at radius 2 is 1.71 bits per heavy atom. The van der Waals surface area contributed by atoms with Crippen molar-refractivity contribution in [3.05, 3.63) is 48.3 Å². The molecule has 0 amide bonds. The monoisotopic (exact) mass is 391 g/mol. The van der Waals surface area contributed by atoms with E-state index in [2.05, 4.69) is 9.72 Å². The van der Waals surface area contributed by atoms with Gasteiger partial charge in [-0.05, 0) is 23.8 Å². The summed E-state index contributed by atoms with van der Waals surface area (Å²) in [6.07, 6.45) is -5.17. The Morgan fingerprint density at radius 1 is 1.04 bits per heavy atom. The number of methoxy groups -OCH3 is 1. The molecule has 0 spiro atoms. The largest absolute Gasteiger partial charge is 0.464 e. The van der Waals surface area contributed by atoms with E-state index in [9.17, 15) is 25.2 Å². The van der Waals surface area contributed by atoms with Crippen molar-refractivity contribution >= 4 is 5.97 Å². The van der Waals surface area contributed by atoms with Crippen LogP contribution in [-0.4, -0.2) is 75.8 Å². The molecule has 1 aliphatic heterocycles. The summed E-state index contributed by atoms with van der Waals surface area (Å²) >= 11 is 0. The summed E-state index contributed by atoms with van der Waals surface area (Å²) in [5.41, 5.74) is 1.78. The molecule has 1 saturated heterocycles. The van der Waals surface area contributed by atoms with Crippen molar-refractivity contribution in [1.29, 1.82) is 0 Å². The summed E-state index contributed by atoms with van der Waals surface area (Å²) in [6.45, 7) is -0.529. The molecule has 9 heteroatoms. The van der Waals surface area contributed by atoms with Gasteiger partial charge in [0.25, 0.3) is 0 Å². The highest BCUT2D eigenvalue weighted by molar-refractivity contribution is 5.87. The van der Waals surface area contributed by atoms with Gasteiger partial charge in [-0.2, -0.15) is 0 Å². The second-order valence-electron chi connectivity index (χ2n) is 6.26. The minimum Gasteiger partial charge on any atom is -0.464 e. The number of rotatable bonds is 5. The van der Waals surface area contributed by atoms with E-state index in [1.54, 1.807) is 42.6 Å². The standard InChI is InChI=1S/C19H21NO8/c1-26-18(25)13-7-4-11(8-20-13)10-2-5-12(6-3-10)27-19-17(24)16(23)15(22)14(9-21)28-19/h2-8,14-17,19,21-24H,9H2,1H3/t14-,15-,16+,17+,19+/m1/s1. The highest BCUT2D eigenvalue weighted by atomic mass is 16.7. The van der Waals surface area contributed by atoms with Gasteiger partial charge < -0.3 is 34.6 Å². The lowest BCUT2D eigenvalue weighted by molar-refractivity contribution is -0.277. The molecule has 0 unspecified atom stereocenters. The van der Waals surface area contributed by atoms with Gasteiger partial charge in [-0.1, -0.05) is 18.2 Å². The van der Waals surface area contributed by atoms with E-state index in [1.165, 1.54) is 7.11 Å². The average Bonchev–Trinajstić information content (AvgIpc) is 2.74. The van der Waals surface area contributed by atoms with Crippen molar-refractivity contribution in [1.82, 2.24) is 4.98 Å². The van der Waals surface area contributed by atoms with Crippen LogP contribution in [0.1, 0.15) is 10.5 Å². The molecule has 0 radical (unpaired) electrons. The average molecular weight is 391 g/mol. The van der Waals surface area contributed by atoms with Crippen LogP contribution < -0.4 is 4.74 Å². The van der Waals surface area contributed by atoms with Gasteiger partial charge in [-0.15, -0.1) is 0 Å². The number of carbonyl (C=O) groups is 1. The second-order valence-corrected chi connectivity index (χ2v) is 6.26. The fraction of sp³-hybridized carbons (Fsp3) is 0.368. The van der Waals surface area contributed by atoms with E-state index in [4.69, 9.17) is 9.47 Å². The van der Waals surface area contributed by atoms with Crippen LogP contribution in [0, 0.1) is 0 Å². The summed E-state index contributed by atoms with van der Waals surface area (Å²) in [6, 6.07) is 10.0. The lowest BCUT2D eigenvalue weighted by Gasteiger charge is -2.39. The van der Waals surface area contributed by atoms with E-state index >= 15 is 0 Å². The summed E-state index contributed by atoms with van der Waals surface area (Å²) in [5.74, 6) is -0.165. The minimum atomic E-state index is -1.51. The van der Waals surface area contributed by atoms with Crippen molar-refractivity contribution in [3.63, 3.8) is 0 Å². The quantitative estimate of drug-likeness (QED) is 0.507. The van der Waals surface area contributed by atoms with Crippen LogP contribution in [0.15, 0.2) is 42.6 Å². The molecular weight excluding hydrogens is 370 g/mol. The van der Waals surface area contributed by atoms with Crippen molar-refractivity contribution < 1.29 is 39.4 Å². The highest BCUT2D eigenvalue weighted by Gasteiger charge is 2.44. The Hall–Kier alpha value is -2.56. The smallest absolute Gasteiger partial charge is 0.356 e. The first-order chi connectivity index (χ1) is 13.4. The summed E-state index contributed by atoms with van der Waals surface area (Å²) < 4.78 is 15.5. The van der Waals surface area contributed by atoms with Crippen LogP contribution in [0.25, 0.3) is 11.1 Å². The van der Waals surface area contributed by atoms with Gasteiger partial charge in [-0.3, -0.25) is 0 Å². The molecule has 2 heterocycles. The highest BCUT2D eigenvalue weighted by Crippen LogP contribution is 2.26. The van der Waals surface area contributed by atoms with Crippen molar-refractivity contribution in [2.45, 2.75) is 30.7 Å². The Morgan fingerprint density at radius 3 is 2.29 bits per heavy atom. The van der Waals surface area contributed by atoms with E-state index in [1.807, 2.05) is 0 Å². The zero-order valence-corrected chi connectivity index (χ0v) is 15.0. The van der Waals surface area contributed by atoms with Crippen LogP contribution in [0.2, 0.25) is 0 Å². The van der Waals surface area contributed by atoms with Gasteiger partial charge in [0.15, 0.2) is 0 Å². The Kier molecular flexibility index (Phi) is 6.22. The maximum Gasteiger partial charge on any atom is 0.356 e. The van der Waals surface area contributed by atoms with Crippen LogP contribution in [0.5, 0.6) is 5.75 Å². The fourth-order valence-electron chi connectivity index (χ4n) is 2.81. The predicted octanol–water partition coefficient (Wildman–Crippen LogP) is -0.286. The number of benzene rings is 1. The Labute approximate surface area is 160 Å². The first-order valence-corrected chi connectivity index (χ1v) is 8.56. The topological polar surface area (TPSA) is 139 Å². The SMILES string of the molecule is COC(=O)c1ccc(-c2ccc(O[C@H]3O[C@H](CO)[C@@H](O)[C@H](O)[C@@H]3O)cc2)cn1. The molecule has 1 aromatic carbocycles. The molecule has 28 heavy (non-hydrogen) atoms. The van der Waals surface area contributed by atoms with Crippen molar-refractivity contribution in [2.24, 2.45) is 0 Å². The van der Waals surface area contributed by atoms with Gasteiger partial charge in [0.2, 0.25) is 6.29 Å². The molecule has 1 aliphatic rings. The number of ether oxygens (including phenoxy) is 3. The lowest BCUT2D eigenvalue weighted by atomic mass is 9.99. The number of carbonyl (C=O) groups excluding carboxylic acids is 1. The van der Waals surface area contributed by atoms with Gasteiger partial charge in [0.05, 0.1) is 13.7 Å². The minimum absolute atomic E-state index is 0.203. The number of hydrogen-bond acceptors (Lipinski definition) is 9. The van der Waals surface area contributed by atoms with Gasteiger partial charge in [0.1, 0.15) is 35.9 Å². The van der Waals surface area contributed by atoms with Gasteiger partial charge in [0, 0.05) is 11.8 Å². The molecule has 3 rings (SSSR count). The molecule has 1 fully saturated rings. The molecule has 0 aliphatic carbocycles. The zero-order chi connectivity index (χ0) is 20.3. The first kappa shape index (κ1) is 20.2. The van der Waals surface area contributed by atoms with E-state index in [0.717, 1.165) is 11.1 Å². The number of hydrogen-bond donors (Lipinski definition) is 4. The van der Waals surface area contributed by atoms with E-state index < -0.39 is 43.3 Å². The number of aliphatic hydroxyl groups excluding tert-OH is 4. The van der Waals surface area contributed by atoms with Crippen LogP contribution in [-0.2, 0) is 9.47 Å². The van der Waals surface area contributed by atoms with Gasteiger partial charge >= 0.3 is 5.97 Å². The summed E-state index contributed by atoms with van der Waals surface area (Å²) in [4.78, 5) is 15.5. The number of aromatic nitrogens is 1. The summed E-state index contributed by atoms with van der Waals surface area (Å²) in [5, 5.41) is 38.8. The molecule has 4 N–H and O–H groups in total. The number of aliphatic hydroxyl groups is 4.